The molecule has 0 spiro atoms. The van der Waals surface area contributed by atoms with E-state index in [-0.39, 0.29) is 6.03 Å². The van der Waals surface area contributed by atoms with Crippen molar-refractivity contribution in [1.82, 2.24) is 9.88 Å². The molecule has 2 amide bonds. The standard InChI is InChI=1S/C28H24ClN3OS/c1-19-23(29)12-7-13-24(19)31-28(33)30-17-22-21-11-5-6-14-25(21)32(18-20-9-3-2-4-10-20)27(22)26-15-8-16-34-26/h2-16H,17-18H2,1H3,(H2,30,31,33). The predicted molar refractivity (Wildman–Crippen MR) is 143 cm³/mol. The summed E-state index contributed by atoms with van der Waals surface area (Å²) < 4.78 is 2.35. The van der Waals surface area contributed by atoms with Gasteiger partial charge in [-0.05, 0) is 47.7 Å². The number of benzene rings is 3. The topological polar surface area (TPSA) is 46.1 Å². The molecule has 0 saturated heterocycles. The van der Waals surface area contributed by atoms with Crippen molar-refractivity contribution < 1.29 is 4.79 Å². The lowest BCUT2D eigenvalue weighted by molar-refractivity contribution is 0.252. The molecule has 5 rings (SSSR count). The number of hydrogen-bond donors (Lipinski definition) is 2. The first-order valence-electron chi connectivity index (χ1n) is 11.1. The van der Waals surface area contributed by atoms with Crippen molar-refractivity contribution in [2.75, 3.05) is 5.32 Å². The first kappa shape index (κ1) is 22.3. The molecular formula is C28H24ClN3OS. The average Bonchev–Trinajstić information content (AvgIpc) is 3.48. The fourth-order valence-electron chi connectivity index (χ4n) is 4.26. The Bertz CT molecular complexity index is 1440. The first-order chi connectivity index (χ1) is 16.6. The van der Waals surface area contributed by atoms with Crippen LogP contribution in [0, 0.1) is 6.92 Å². The molecular weight excluding hydrogens is 462 g/mol. The van der Waals surface area contributed by atoms with Crippen LogP contribution in [0.5, 0.6) is 0 Å². The molecule has 0 unspecified atom stereocenters. The van der Waals surface area contributed by atoms with E-state index in [0.717, 1.165) is 34.3 Å². The third kappa shape index (κ3) is 4.45. The van der Waals surface area contributed by atoms with Crippen LogP contribution in [0.4, 0.5) is 10.5 Å². The first-order valence-corrected chi connectivity index (χ1v) is 12.4. The number of para-hydroxylation sites is 1. The molecule has 6 heteroatoms. The number of thiophene rings is 1. The molecule has 0 aliphatic carbocycles. The number of nitrogens with one attached hydrogen (secondary N) is 2. The lowest BCUT2D eigenvalue weighted by Gasteiger charge is -2.13. The van der Waals surface area contributed by atoms with Gasteiger partial charge >= 0.3 is 6.03 Å². The molecule has 3 aromatic carbocycles. The van der Waals surface area contributed by atoms with E-state index < -0.39 is 0 Å². The van der Waals surface area contributed by atoms with Crippen molar-refractivity contribution in [2.24, 2.45) is 0 Å². The molecule has 0 saturated carbocycles. The Hall–Kier alpha value is -3.54. The number of fused-ring (bicyclic) bond motifs is 1. The second-order valence-electron chi connectivity index (χ2n) is 8.11. The maximum atomic E-state index is 12.8. The van der Waals surface area contributed by atoms with Gasteiger partial charge in [0, 0.05) is 40.3 Å². The molecule has 0 fully saturated rings. The van der Waals surface area contributed by atoms with Crippen molar-refractivity contribution in [3.05, 3.63) is 112 Å². The summed E-state index contributed by atoms with van der Waals surface area (Å²) in [6, 6.07) is 28.3. The smallest absolute Gasteiger partial charge is 0.319 e. The highest BCUT2D eigenvalue weighted by atomic mass is 35.5. The van der Waals surface area contributed by atoms with Crippen LogP contribution in [0.2, 0.25) is 5.02 Å². The van der Waals surface area contributed by atoms with E-state index >= 15 is 0 Å². The van der Waals surface area contributed by atoms with E-state index in [0.29, 0.717) is 17.3 Å². The van der Waals surface area contributed by atoms with Gasteiger partial charge in [-0.1, -0.05) is 72.3 Å². The Morgan fingerprint density at radius 1 is 0.941 bits per heavy atom. The van der Waals surface area contributed by atoms with Crippen molar-refractivity contribution in [2.45, 2.75) is 20.0 Å². The van der Waals surface area contributed by atoms with Gasteiger partial charge < -0.3 is 15.2 Å². The van der Waals surface area contributed by atoms with Gasteiger partial charge in [0.2, 0.25) is 0 Å². The number of hydrogen-bond acceptors (Lipinski definition) is 2. The predicted octanol–water partition coefficient (Wildman–Crippen LogP) is 7.70. The highest BCUT2D eigenvalue weighted by Gasteiger charge is 2.20. The van der Waals surface area contributed by atoms with Gasteiger partial charge in [-0.15, -0.1) is 11.3 Å². The number of rotatable bonds is 6. The molecule has 0 atom stereocenters. The molecule has 34 heavy (non-hydrogen) atoms. The Morgan fingerprint density at radius 3 is 2.53 bits per heavy atom. The maximum Gasteiger partial charge on any atom is 0.319 e. The summed E-state index contributed by atoms with van der Waals surface area (Å²) in [6.07, 6.45) is 0. The zero-order valence-corrected chi connectivity index (χ0v) is 20.3. The summed E-state index contributed by atoms with van der Waals surface area (Å²) in [5.41, 5.74) is 6.17. The van der Waals surface area contributed by atoms with Gasteiger partial charge in [-0.25, -0.2) is 4.79 Å². The highest BCUT2D eigenvalue weighted by molar-refractivity contribution is 7.13. The van der Waals surface area contributed by atoms with Crippen molar-refractivity contribution >= 4 is 45.6 Å². The normalized spacial score (nSPS) is 11.0. The molecule has 0 aliphatic rings. The Balaban J connectivity index is 1.51. The summed E-state index contributed by atoms with van der Waals surface area (Å²) in [5.74, 6) is 0. The Morgan fingerprint density at radius 2 is 1.74 bits per heavy atom. The van der Waals surface area contributed by atoms with Crippen LogP contribution in [0.15, 0.2) is 90.3 Å². The second kappa shape index (κ2) is 9.75. The summed E-state index contributed by atoms with van der Waals surface area (Å²) in [5, 5.41) is 9.85. The number of carbonyl (C=O) groups is 1. The molecule has 2 aromatic heterocycles. The van der Waals surface area contributed by atoms with Gasteiger partial charge in [0.1, 0.15) is 0 Å². The number of amides is 2. The molecule has 170 valence electrons. The minimum absolute atomic E-state index is 0.262. The van der Waals surface area contributed by atoms with E-state index in [1.54, 1.807) is 11.3 Å². The van der Waals surface area contributed by atoms with Gasteiger partial charge in [0.05, 0.1) is 10.6 Å². The monoisotopic (exact) mass is 485 g/mol. The second-order valence-corrected chi connectivity index (χ2v) is 9.47. The van der Waals surface area contributed by atoms with E-state index in [1.807, 2.05) is 37.3 Å². The van der Waals surface area contributed by atoms with E-state index in [1.165, 1.54) is 10.4 Å². The number of urea groups is 1. The number of halogens is 1. The Labute approximate surface area is 207 Å². The van der Waals surface area contributed by atoms with Crippen molar-refractivity contribution in [3.8, 4) is 10.6 Å². The van der Waals surface area contributed by atoms with Gasteiger partial charge in [-0.2, -0.15) is 0 Å². The molecule has 0 aliphatic heterocycles. The lowest BCUT2D eigenvalue weighted by atomic mass is 10.1. The molecule has 5 aromatic rings. The largest absolute Gasteiger partial charge is 0.335 e. The van der Waals surface area contributed by atoms with Crippen molar-refractivity contribution in [3.63, 3.8) is 0 Å². The fourth-order valence-corrected chi connectivity index (χ4v) is 5.24. The zero-order chi connectivity index (χ0) is 23.5. The number of nitrogens with zero attached hydrogens (tertiary/aromatic N) is 1. The number of anilines is 1. The van der Waals surface area contributed by atoms with Crippen LogP contribution < -0.4 is 10.6 Å². The minimum atomic E-state index is -0.262. The van der Waals surface area contributed by atoms with Crippen molar-refractivity contribution in [1.29, 1.82) is 0 Å². The van der Waals surface area contributed by atoms with Crippen LogP contribution in [0.3, 0.4) is 0 Å². The number of carbonyl (C=O) groups excluding carboxylic acids is 1. The lowest BCUT2D eigenvalue weighted by Crippen LogP contribution is -2.28. The molecule has 2 N–H and O–H groups in total. The van der Waals surface area contributed by atoms with Gasteiger partial charge in [0.15, 0.2) is 0 Å². The van der Waals surface area contributed by atoms with E-state index in [9.17, 15) is 4.79 Å². The summed E-state index contributed by atoms with van der Waals surface area (Å²) in [7, 11) is 0. The third-order valence-electron chi connectivity index (χ3n) is 5.96. The third-order valence-corrected chi connectivity index (χ3v) is 7.24. The van der Waals surface area contributed by atoms with Crippen LogP contribution in [0.25, 0.3) is 21.5 Å². The maximum absolute atomic E-state index is 12.8. The average molecular weight is 486 g/mol. The van der Waals surface area contributed by atoms with E-state index in [2.05, 4.69) is 75.2 Å². The Kier molecular flexibility index (Phi) is 6.39. The van der Waals surface area contributed by atoms with Gasteiger partial charge in [0.25, 0.3) is 0 Å². The fraction of sp³-hybridized carbons (Fsp3) is 0.107. The molecule has 4 nitrogen and oxygen atoms in total. The number of aromatic nitrogens is 1. The summed E-state index contributed by atoms with van der Waals surface area (Å²) >= 11 is 7.92. The van der Waals surface area contributed by atoms with E-state index in [4.69, 9.17) is 11.6 Å². The summed E-state index contributed by atoms with van der Waals surface area (Å²) in [4.78, 5) is 14.0. The highest BCUT2D eigenvalue weighted by Crippen LogP contribution is 2.37. The minimum Gasteiger partial charge on any atom is -0.335 e. The SMILES string of the molecule is Cc1c(Cl)cccc1NC(=O)NCc1c(-c2cccs2)n(Cc2ccccc2)c2ccccc12. The van der Waals surface area contributed by atoms with Gasteiger partial charge in [-0.3, -0.25) is 0 Å². The quantitative estimate of drug-likeness (QED) is 0.254. The van der Waals surface area contributed by atoms with Crippen LogP contribution >= 0.6 is 22.9 Å². The molecule has 2 heterocycles. The molecule has 0 bridgehead atoms. The van der Waals surface area contributed by atoms with Crippen LogP contribution in [-0.4, -0.2) is 10.6 Å². The summed E-state index contributed by atoms with van der Waals surface area (Å²) in [6.45, 7) is 3.05. The zero-order valence-electron chi connectivity index (χ0n) is 18.7. The van der Waals surface area contributed by atoms with Crippen LogP contribution in [0.1, 0.15) is 16.7 Å². The van der Waals surface area contributed by atoms with Crippen LogP contribution in [-0.2, 0) is 13.1 Å². The molecule has 0 radical (unpaired) electrons.